The molecule has 1 aromatic rings. The van der Waals surface area contributed by atoms with Gasteiger partial charge in [0, 0.05) is 25.6 Å². The Labute approximate surface area is 106 Å². The minimum absolute atomic E-state index is 0.0579. The summed E-state index contributed by atoms with van der Waals surface area (Å²) in [5.74, 6) is 0.803. The van der Waals surface area contributed by atoms with Gasteiger partial charge in [-0.25, -0.2) is 0 Å². The van der Waals surface area contributed by atoms with Gasteiger partial charge < -0.3 is 20.5 Å². The predicted octanol–water partition coefficient (Wildman–Crippen LogP) is -0.0956. The van der Waals surface area contributed by atoms with Gasteiger partial charge in [0.05, 0.1) is 0 Å². The number of nitrogens with one attached hydrogen (secondary N) is 2. The minimum Gasteiger partial charge on any atom is -0.491 e. The number of carbonyl (C=O) groups excluding carboxylic acids is 1. The first-order valence-corrected chi connectivity index (χ1v) is 6.10. The maximum absolute atomic E-state index is 11.0. The molecular formula is C13H18N2O3. The average molecular weight is 250 g/mol. The van der Waals surface area contributed by atoms with E-state index in [9.17, 15) is 9.90 Å². The van der Waals surface area contributed by atoms with Crippen LogP contribution < -0.4 is 15.4 Å². The van der Waals surface area contributed by atoms with Gasteiger partial charge in [-0.05, 0) is 12.1 Å². The lowest BCUT2D eigenvalue weighted by molar-refractivity contribution is -0.119. The fourth-order valence-corrected chi connectivity index (χ4v) is 1.82. The normalized spacial score (nSPS) is 20.5. The Bertz CT molecular complexity index is 383. The second kappa shape index (κ2) is 6.37. The third kappa shape index (κ3) is 4.01. The molecule has 2 unspecified atom stereocenters. The summed E-state index contributed by atoms with van der Waals surface area (Å²) in [6.07, 6.45) is -0.104. The van der Waals surface area contributed by atoms with Crippen molar-refractivity contribution in [1.29, 1.82) is 0 Å². The highest BCUT2D eigenvalue weighted by Crippen LogP contribution is 2.08. The second-order valence-corrected chi connectivity index (χ2v) is 4.39. The molecule has 1 saturated heterocycles. The number of para-hydroxylation sites is 1. The van der Waals surface area contributed by atoms with E-state index in [0.29, 0.717) is 19.5 Å². The summed E-state index contributed by atoms with van der Waals surface area (Å²) in [7, 11) is 0. The monoisotopic (exact) mass is 250 g/mol. The Balaban J connectivity index is 1.63. The SMILES string of the molecule is O=C1CC(NCC(O)COc2ccccc2)CN1. The van der Waals surface area contributed by atoms with Crippen molar-refractivity contribution in [2.24, 2.45) is 0 Å². The van der Waals surface area contributed by atoms with Crippen LogP contribution in [0.4, 0.5) is 0 Å². The number of amides is 1. The molecule has 1 aromatic carbocycles. The van der Waals surface area contributed by atoms with E-state index in [0.717, 1.165) is 5.75 Å². The number of aliphatic hydroxyl groups excluding tert-OH is 1. The molecule has 5 heteroatoms. The van der Waals surface area contributed by atoms with Crippen molar-refractivity contribution in [2.45, 2.75) is 18.6 Å². The number of hydrogen-bond donors (Lipinski definition) is 3. The van der Waals surface area contributed by atoms with Crippen LogP contribution in [0.1, 0.15) is 6.42 Å². The van der Waals surface area contributed by atoms with Gasteiger partial charge >= 0.3 is 0 Å². The van der Waals surface area contributed by atoms with E-state index < -0.39 is 6.10 Å². The Kier molecular flexibility index (Phi) is 4.55. The lowest BCUT2D eigenvalue weighted by atomic mass is 10.2. The average Bonchev–Trinajstić information content (AvgIpc) is 2.81. The molecule has 0 bridgehead atoms. The van der Waals surface area contributed by atoms with E-state index in [1.165, 1.54) is 0 Å². The summed E-state index contributed by atoms with van der Waals surface area (Å²) in [4.78, 5) is 11.0. The maximum atomic E-state index is 11.0. The molecule has 1 amide bonds. The highest BCUT2D eigenvalue weighted by atomic mass is 16.5. The van der Waals surface area contributed by atoms with Crippen molar-refractivity contribution in [2.75, 3.05) is 19.7 Å². The van der Waals surface area contributed by atoms with E-state index in [1.54, 1.807) is 0 Å². The van der Waals surface area contributed by atoms with Crippen molar-refractivity contribution in [3.05, 3.63) is 30.3 Å². The van der Waals surface area contributed by atoms with Gasteiger partial charge in [0.1, 0.15) is 18.5 Å². The zero-order valence-corrected chi connectivity index (χ0v) is 10.1. The highest BCUT2D eigenvalue weighted by molar-refractivity contribution is 5.78. The minimum atomic E-state index is -0.582. The first-order valence-electron chi connectivity index (χ1n) is 6.10. The van der Waals surface area contributed by atoms with Crippen LogP contribution in [-0.4, -0.2) is 42.9 Å². The highest BCUT2D eigenvalue weighted by Gasteiger charge is 2.21. The van der Waals surface area contributed by atoms with Crippen LogP contribution in [0.3, 0.4) is 0 Å². The first kappa shape index (κ1) is 12.9. The van der Waals surface area contributed by atoms with Crippen LogP contribution in [0.25, 0.3) is 0 Å². The first-order chi connectivity index (χ1) is 8.74. The summed E-state index contributed by atoms with van der Waals surface area (Å²) in [6, 6.07) is 9.49. The molecule has 2 rings (SSSR count). The third-order valence-electron chi connectivity index (χ3n) is 2.81. The Morgan fingerprint density at radius 1 is 1.44 bits per heavy atom. The number of rotatable bonds is 6. The van der Waals surface area contributed by atoms with Crippen molar-refractivity contribution < 1.29 is 14.6 Å². The molecule has 0 aromatic heterocycles. The van der Waals surface area contributed by atoms with E-state index in [2.05, 4.69) is 10.6 Å². The lowest BCUT2D eigenvalue weighted by Crippen LogP contribution is -2.39. The molecule has 3 N–H and O–H groups in total. The summed E-state index contributed by atoms with van der Waals surface area (Å²) in [6.45, 7) is 1.29. The maximum Gasteiger partial charge on any atom is 0.221 e. The molecule has 1 fully saturated rings. The Morgan fingerprint density at radius 3 is 2.89 bits per heavy atom. The van der Waals surface area contributed by atoms with E-state index >= 15 is 0 Å². The molecule has 1 heterocycles. The van der Waals surface area contributed by atoms with Crippen LogP contribution in [0.5, 0.6) is 5.75 Å². The molecule has 98 valence electrons. The molecule has 1 aliphatic rings. The number of hydrogen-bond acceptors (Lipinski definition) is 4. The quantitative estimate of drug-likeness (QED) is 0.659. The lowest BCUT2D eigenvalue weighted by Gasteiger charge is -2.15. The fourth-order valence-electron chi connectivity index (χ4n) is 1.82. The molecule has 0 saturated carbocycles. The fraction of sp³-hybridized carbons (Fsp3) is 0.462. The predicted molar refractivity (Wildman–Crippen MR) is 67.4 cm³/mol. The summed E-state index contributed by atoms with van der Waals surface area (Å²) in [5.41, 5.74) is 0. The van der Waals surface area contributed by atoms with Crippen molar-refractivity contribution in [3.63, 3.8) is 0 Å². The zero-order chi connectivity index (χ0) is 12.8. The van der Waals surface area contributed by atoms with Gasteiger partial charge in [-0.2, -0.15) is 0 Å². The molecule has 0 radical (unpaired) electrons. The summed E-state index contributed by atoms with van der Waals surface area (Å²) in [5, 5.41) is 15.6. The number of benzene rings is 1. The van der Waals surface area contributed by atoms with Crippen LogP contribution in [0.15, 0.2) is 30.3 Å². The van der Waals surface area contributed by atoms with Gasteiger partial charge in [-0.15, -0.1) is 0 Å². The Hall–Kier alpha value is -1.59. The van der Waals surface area contributed by atoms with Crippen LogP contribution in [-0.2, 0) is 4.79 Å². The number of carbonyl (C=O) groups is 1. The van der Waals surface area contributed by atoms with E-state index in [-0.39, 0.29) is 18.6 Å². The summed E-state index contributed by atoms with van der Waals surface area (Å²) >= 11 is 0. The van der Waals surface area contributed by atoms with Gasteiger partial charge in [-0.1, -0.05) is 18.2 Å². The standard InChI is InChI=1S/C13H18N2O3/c16-11(8-14-10-6-13(17)15-7-10)9-18-12-4-2-1-3-5-12/h1-5,10-11,14,16H,6-9H2,(H,15,17). The largest absolute Gasteiger partial charge is 0.491 e. The molecular weight excluding hydrogens is 232 g/mol. The smallest absolute Gasteiger partial charge is 0.221 e. The van der Waals surface area contributed by atoms with Crippen molar-refractivity contribution in [3.8, 4) is 5.75 Å². The molecule has 0 spiro atoms. The topological polar surface area (TPSA) is 70.6 Å². The van der Waals surface area contributed by atoms with Gasteiger partial charge in [0.25, 0.3) is 0 Å². The van der Waals surface area contributed by atoms with E-state index in [1.807, 2.05) is 30.3 Å². The summed E-state index contributed by atoms with van der Waals surface area (Å²) < 4.78 is 5.43. The van der Waals surface area contributed by atoms with Crippen molar-refractivity contribution >= 4 is 5.91 Å². The molecule has 0 aliphatic carbocycles. The van der Waals surface area contributed by atoms with Crippen molar-refractivity contribution in [1.82, 2.24) is 10.6 Å². The molecule has 5 nitrogen and oxygen atoms in total. The molecule has 2 atom stereocenters. The van der Waals surface area contributed by atoms with Gasteiger partial charge in [-0.3, -0.25) is 4.79 Å². The number of aliphatic hydroxyl groups is 1. The van der Waals surface area contributed by atoms with Gasteiger partial charge in [0.15, 0.2) is 0 Å². The molecule has 18 heavy (non-hydrogen) atoms. The molecule has 1 aliphatic heterocycles. The number of ether oxygens (including phenoxy) is 1. The van der Waals surface area contributed by atoms with Crippen LogP contribution >= 0.6 is 0 Å². The van der Waals surface area contributed by atoms with Crippen LogP contribution in [0.2, 0.25) is 0 Å². The second-order valence-electron chi connectivity index (χ2n) is 4.39. The third-order valence-corrected chi connectivity index (χ3v) is 2.81. The zero-order valence-electron chi connectivity index (χ0n) is 10.1. The van der Waals surface area contributed by atoms with E-state index in [4.69, 9.17) is 4.74 Å². The van der Waals surface area contributed by atoms with Crippen LogP contribution in [0, 0.1) is 0 Å². The van der Waals surface area contributed by atoms with Gasteiger partial charge in [0.2, 0.25) is 5.91 Å². The Morgan fingerprint density at radius 2 is 2.22 bits per heavy atom.